The molecule has 0 radical (unpaired) electrons. The SMILES string of the molecule is CN=C(NCc1ccc(OC)cc1OC(F)F)NC1CCCC(C(=O)NC(C)C)C1.I. The first-order chi connectivity index (χ1) is 14.3. The number of hydrogen-bond donors (Lipinski definition) is 3. The van der Waals surface area contributed by atoms with E-state index in [0.717, 1.165) is 25.7 Å². The Morgan fingerprint density at radius 3 is 2.65 bits per heavy atom. The maximum atomic E-state index is 12.7. The lowest BCUT2D eigenvalue weighted by Crippen LogP contribution is -2.47. The summed E-state index contributed by atoms with van der Waals surface area (Å²) in [4.78, 5) is 16.5. The highest BCUT2D eigenvalue weighted by Gasteiger charge is 2.28. The van der Waals surface area contributed by atoms with Gasteiger partial charge in [-0.2, -0.15) is 8.78 Å². The van der Waals surface area contributed by atoms with Gasteiger partial charge >= 0.3 is 6.61 Å². The summed E-state index contributed by atoms with van der Waals surface area (Å²) in [5, 5.41) is 9.46. The number of alkyl halides is 2. The molecule has 1 aromatic rings. The summed E-state index contributed by atoms with van der Waals surface area (Å²) in [5.41, 5.74) is 0.553. The molecule has 0 aromatic heterocycles. The normalized spacial score (nSPS) is 18.9. The number of nitrogens with one attached hydrogen (secondary N) is 3. The van der Waals surface area contributed by atoms with E-state index in [-0.39, 0.29) is 60.2 Å². The minimum absolute atomic E-state index is 0. The van der Waals surface area contributed by atoms with Crippen LogP contribution in [0.1, 0.15) is 45.1 Å². The summed E-state index contributed by atoms with van der Waals surface area (Å²) in [6, 6.07) is 5.02. The molecular weight excluding hydrogens is 521 g/mol. The van der Waals surface area contributed by atoms with Gasteiger partial charge in [-0.3, -0.25) is 9.79 Å². The Bertz CT molecular complexity index is 735. The second kappa shape index (κ2) is 13.5. The van der Waals surface area contributed by atoms with Gasteiger partial charge < -0.3 is 25.4 Å². The summed E-state index contributed by atoms with van der Waals surface area (Å²) in [5.74, 6) is 1.10. The van der Waals surface area contributed by atoms with E-state index >= 15 is 0 Å². The average molecular weight is 554 g/mol. The van der Waals surface area contributed by atoms with Crippen LogP contribution in [0.5, 0.6) is 11.5 Å². The van der Waals surface area contributed by atoms with E-state index in [1.165, 1.54) is 13.2 Å². The van der Waals surface area contributed by atoms with E-state index in [9.17, 15) is 13.6 Å². The van der Waals surface area contributed by atoms with Crippen LogP contribution in [0.2, 0.25) is 0 Å². The van der Waals surface area contributed by atoms with E-state index in [1.807, 2.05) is 13.8 Å². The Hall–Kier alpha value is -1.85. The van der Waals surface area contributed by atoms with Gasteiger partial charge in [0.05, 0.1) is 7.11 Å². The number of aliphatic imine (C=N–C) groups is 1. The second-order valence-corrected chi connectivity index (χ2v) is 7.65. The van der Waals surface area contributed by atoms with Crippen LogP contribution in [0.3, 0.4) is 0 Å². The van der Waals surface area contributed by atoms with Gasteiger partial charge in [0, 0.05) is 43.2 Å². The molecule has 1 fully saturated rings. The minimum atomic E-state index is -2.93. The van der Waals surface area contributed by atoms with Crippen LogP contribution < -0.4 is 25.4 Å². The Morgan fingerprint density at radius 1 is 1.29 bits per heavy atom. The topological polar surface area (TPSA) is 84.0 Å². The third-order valence-electron chi connectivity index (χ3n) is 4.98. The van der Waals surface area contributed by atoms with Crippen LogP contribution in [-0.4, -0.2) is 44.7 Å². The standard InChI is InChI=1S/C21H32F2N4O3.HI/c1-13(2)26-19(28)14-6-5-7-16(10-14)27-21(24-3)25-12-15-8-9-17(29-4)11-18(15)30-20(22)23;/h8-9,11,13-14,16,20H,5-7,10,12H2,1-4H3,(H,26,28)(H2,24,25,27);1H. The Balaban J connectivity index is 0.00000480. The molecular formula is C21H33F2IN4O3. The number of rotatable bonds is 8. The van der Waals surface area contributed by atoms with Crippen molar-refractivity contribution in [1.82, 2.24) is 16.0 Å². The van der Waals surface area contributed by atoms with Crippen LogP contribution in [0.4, 0.5) is 8.78 Å². The molecule has 1 saturated carbocycles. The highest BCUT2D eigenvalue weighted by atomic mass is 127. The van der Waals surface area contributed by atoms with Crippen LogP contribution >= 0.6 is 24.0 Å². The molecule has 1 aliphatic carbocycles. The number of amides is 1. The summed E-state index contributed by atoms with van der Waals surface area (Å²) in [6.07, 6.45) is 3.49. The largest absolute Gasteiger partial charge is 0.497 e. The number of carbonyl (C=O) groups is 1. The number of hydrogen-bond acceptors (Lipinski definition) is 4. The first-order valence-corrected chi connectivity index (χ1v) is 10.2. The molecule has 0 bridgehead atoms. The second-order valence-electron chi connectivity index (χ2n) is 7.65. The summed E-state index contributed by atoms with van der Waals surface area (Å²) in [7, 11) is 3.11. The molecule has 2 rings (SSSR count). The molecule has 1 amide bonds. The maximum absolute atomic E-state index is 12.7. The number of guanidine groups is 1. The maximum Gasteiger partial charge on any atom is 0.387 e. The predicted molar refractivity (Wildman–Crippen MR) is 127 cm³/mol. The van der Waals surface area contributed by atoms with Gasteiger partial charge in [-0.05, 0) is 45.2 Å². The Morgan fingerprint density at radius 2 is 2.03 bits per heavy atom. The van der Waals surface area contributed by atoms with Gasteiger partial charge in [-0.1, -0.05) is 6.42 Å². The lowest BCUT2D eigenvalue weighted by molar-refractivity contribution is -0.126. The fourth-order valence-electron chi connectivity index (χ4n) is 3.54. The third-order valence-corrected chi connectivity index (χ3v) is 4.98. The summed E-state index contributed by atoms with van der Waals surface area (Å²) >= 11 is 0. The van der Waals surface area contributed by atoms with Crippen molar-refractivity contribution in [2.24, 2.45) is 10.9 Å². The molecule has 31 heavy (non-hydrogen) atoms. The number of benzene rings is 1. The first-order valence-electron chi connectivity index (χ1n) is 10.2. The summed E-state index contributed by atoms with van der Waals surface area (Å²) in [6.45, 7) is 1.22. The van der Waals surface area contributed by atoms with E-state index < -0.39 is 6.61 Å². The van der Waals surface area contributed by atoms with Gasteiger partial charge in [0.15, 0.2) is 5.96 Å². The number of ether oxygens (including phenoxy) is 2. The predicted octanol–water partition coefficient (Wildman–Crippen LogP) is 3.66. The van der Waals surface area contributed by atoms with Crippen LogP contribution in [0.25, 0.3) is 0 Å². The molecule has 0 heterocycles. The van der Waals surface area contributed by atoms with E-state index in [2.05, 4.69) is 25.7 Å². The molecule has 2 unspecified atom stereocenters. The van der Waals surface area contributed by atoms with Crippen molar-refractivity contribution < 1.29 is 23.0 Å². The van der Waals surface area contributed by atoms with E-state index in [0.29, 0.717) is 17.3 Å². The van der Waals surface area contributed by atoms with Crippen molar-refractivity contribution in [1.29, 1.82) is 0 Å². The third kappa shape index (κ3) is 9.04. The Kier molecular flexibility index (Phi) is 11.9. The smallest absolute Gasteiger partial charge is 0.387 e. The van der Waals surface area contributed by atoms with Crippen molar-refractivity contribution in [3.05, 3.63) is 23.8 Å². The van der Waals surface area contributed by atoms with Gasteiger partial charge in [-0.15, -0.1) is 24.0 Å². The molecule has 176 valence electrons. The van der Waals surface area contributed by atoms with Crippen LogP contribution in [-0.2, 0) is 11.3 Å². The number of methoxy groups -OCH3 is 1. The van der Waals surface area contributed by atoms with Crippen molar-refractivity contribution in [3.63, 3.8) is 0 Å². The quantitative estimate of drug-likeness (QED) is 0.260. The zero-order valence-electron chi connectivity index (χ0n) is 18.4. The van der Waals surface area contributed by atoms with Crippen molar-refractivity contribution in [2.75, 3.05) is 14.2 Å². The van der Waals surface area contributed by atoms with Gasteiger partial charge in [0.1, 0.15) is 11.5 Å². The van der Waals surface area contributed by atoms with Crippen molar-refractivity contribution >= 4 is 35.8 Å². The van der Waals surface area contributed by atoms with Crippen LogP contribution in [0, 0.1) is 5.92 Å². The number of halogens is 3. The summed E-state index contributed by atoms with van der Waals surface area (Å²) < 4.78 is 35.2. The van der Waals surface area contributed by atoms with Gasteiger partial charge in [0.25, 0.3) is 0 Å². The van der Waals surface area contributed by atoms with E-state index in [4.69, 9.17) is 4.74 Å². The van der Waals surface area contributed by atoms with Gasteiger partial charge in [0.2, 0.25) is 5.91 Å². The molecule has 0 saturated heterocycles. The highest BCUT2D eigenvalue weighted by Crippen LogP contribution is 2.27. The lowest BCUT2D eigenvalue weighted by atomic mass is 9.85. The lowest BCUT2D eigenvalue weighted by Gasteiger charge is -2.30. The molecule has 0 aliphatic heterocycles. The number of carbonyl (C=O) groups excluding carboxylic acids is 1. The zero-order chi connectivity index (χ0) is 22.1. The van der Waals surface area contributed by atoms with E-state index in [1.54, 1.807) is 19.2 Å². The molecule has 0 spiro atoms. The van der Waals surface area contributed by atoms with Gasteiger partial charge in [-0.25, -0.2) is 0 Å². The fraction of sp³-hybridized carbons (Fsp3) is 0.619. The fourth-order valence-corrected chi connectivity index (χ4v) is 3.54. The molecule has 1 aliphatic rings. The molecule has 1 aromatic carbocycles. The number of nitrogens with zero attached hydrogens (tertiary/aromatic N) is 1. The van der Waals surface area contributed by atoms with Crippen LogP contribution in [0.15, 0.2) is 23.2 Å². The minimum Gasteiger partial charge on any atom is -0.497 e. The monoisotopic (exact) mass is 554 g/mol. The first kappa shape index (κ1) is 27.2. The Labute approximate surface area is 199 Å². The zero-order valence-corrected chi connectivity index (χ0v) is 20.7. The highest BCUT2D eigenvalue weighted by molar-refractivity contribution is 14.0. The molecule has 2 atom stereocenters. The van der Waals surface area contributed by atoms with Crippen molar-refractivity contribution in [3.8, 4) is 11.5 Å². The average Bonchev–Trinajstić information content (AvgIpc) is 2.71. The molecule has 10 heteroatoms. The molecule has 3 N–H and O–H groups in total. The molecule has 7 nitrogen and oxygen atoms in total. The van der Waals surface area contributed by atoms with Crippen molar-refractivity contribution in [2.45, 2.75) is 64.8 Å².